The summed E-state index contributed by atoms with van der Waals surface area (Å²) in [5, 5.41) is 0.891. The Kier molecular flexibility index (Phi) is 3.21. The van der Waals surface area contributed by atoms with E-state index in [2.05, 4.69) is 9.97 Å². The first-order valence-corrected chi connectivity index (χ1v) is 6.56. The van der Waals surface area contributed by atoms with Crippen LogP contribution >= 0.6 is 23.2 Å². The summed E-state index contributed by atoms with van der Waals surface area (Å²) >= 11 is 12.1. The lowest BCUT2D eigenvalue weighted by Gasteiger charge is -2.06. The SMILES string of the molecule is CCc1cc(Cl)nc(-c2cc(Cl)c3c(c2)OCO3)n1. The molecule has 0 radical (unpaired) electrons. The molecule has 1 aromatic heterocycles. The van der Waals surface area contributed by atoms with Crippen LogP contribution in [0.25, 0.3) is 11.4 Å². The molecule has 0 saturated heterocycles. The minimum absolute atomic E-state index is 0.176. The fourth-order valence-electron chi connectivity index (χ4n) is 1.87. The molecule has 0 aliphatic carbocycles. The van der Waals surface area contributed by atoms with Crippen LogP contribution in [0.5, 0.6) is 11.5 Å². The Morgan fingerprint density at radius 1 is 1.16 bits per heavy atom. The Hall–Kier alpha value is -1.52. The van der Waals surface area contributed by atoms with Gasteiger partial charge in [0.15, 0.2) is 17.3 Å². The van der Waals surface area contributed by atoms with Crippen molar-refractivity contribution in [2.24, 2.45) is 0 Å². The molecule has 0 N–H and O–H groups in total. The number of ether oxygens (including phenoxy) is 2. The van der Waals surface area contributed by atoms with Crippen molar-refractivity contribution < 1.29 is 9.47 Å². The van der Waals surface area contributed by atoms with Gasteiger partial charge in [0.25, 0.3) is 0 Å². The third kappa shape index (κ3) is 2.33. The molecule has 0 amide bonds. The van der Waals surface area contributed by atoms with Crippen molar-refractivity contribution in [1.29, 1.82) is 0 Å². The van der Waals surface area contributed by atoms with Crippen LogP contribution in [0.4, 0.5) is 0 Å². The van der Waals surface area contributed by atoms with Gasteiger partial charge in [0.05, 0.1) is 5.02 Å². The average Bonchev–Trinajstić information content (AvgIpc) is 2.86. The molecule has 1 aliphatic heterocycles. The maximum Gasteiger partial charge on any atom is 0.231 e. The molecule has 3 rings (SSSR count). The first kappa shape index (κ1) is 12.5. The summed E-state index contributed by atoms with van der Waals surface area (Å²) in [6, 6.07) is 5.30. The molecule has 4 nitrogen and oxygen atoms in total. The summed E-state index contributed by atoms with van der Waals surface area (Å²) in [5.74, 6) is 1.69. The molecule has 1 aromatic carbocycles. The molecule has 2 aromatic rings. The van der Waals surface area contributed by atoms with Crippen LogP contribution in [0.2, 0.25) is 10.2 Å². The van der Waals surface area contributed by atoms with E-state index >= 15 is 0 Å². The van der Waals surface area contributed by atoms with E-state index in [0.717, 1.165) is 17.7 Å². The molecule has 0 unspecified atom stereocenters. The van der Waals surface area contributed by atoms with Gasteiger partial charge in [-0.25, -0.2) is 9.97 Å². The Balaban J connectivity index is 2.12. The number of hydrogen-bond donors (Lipinski definition) is 0. The minimum Gasteiger partial charge on any atom is -0.454 e. The molecular weight excluding hydrogens is 287 g/mol. The second kappa shape index (κ2) is 4.87. The van der Waals surface area contributed by atoms with Crippen molar-refractivity contribution in [2.75, 3.05) is 6.79 Å². The lowest BCUT2D eigenvalue weighted by molar-refractivity contribution is 0.174. The third-order valence-corrected chi connectivity index (χ3v) is 3.27. The highest BCUT2D eigenvalue weighted by Crippen LogP contribution is 2.41. The van der Waals surface area contributed by atoms with Crippen molar-refractivity contribution in [3.8, 4) is 22.9 Å². The number of aromatic nitrogens is 2. The molecule has 19 heavy (non-hydrogen) atoms. The first-order chi connectivity index (χ1) is 9.17. The number of hydrogen-bond acceptors (Lipinski definition) is 4. The Bertz CT molecular complexity index is 647. The van der Waals surface area contributed by atoms with Crippen molar-refractivity contribution in [1.82, 2.24) is 9.97 Å². The smallest absolute Gasteiger partial charge is 0.231 e. The zero-order valence-corrected chi connectivity index (χ0v) is 11.6. The first-order valence-electron chi connectivity index (χ1n) is 5.80. The van der Waals surface area contributed by atoms with E-state index in [1.807, 2.05) is 6.92 Å². The van der Waals surface area contributed by atoms with E-state index in [1.54, 1.807) is 18.2 Å². The van der Waals surface area contributed by atoms with Gasteiger partial charge in [0, 0.05) is 11.3 Å². The van der Waals surface area contributed by atoms with Crippen LogP contribution in [-0.4, -0.2) is 16.8 Å². The quantitative estimate of drug-likeness (QED) is 0.792. The molecular formula is C13H10Cl2N2O2. The van der Waals surface area contributed by atoms with Gasteiger partial charge >= 0.3 is 0 Å². The van der Waals surface area contributed by atoms with Crippen molar-refractivity contribution >= 4 is 23.2 Å². The van der Waals surface area contributed by atoms with Gasteiger partial charge in [-0.3, -0.25) is 0 Å². The van der Waals surface area contributed by atoms with E-state index in [9.17, 15) is 0 Å². The highest BCUT2D eigenvalue weighted by molar-refractivity contribution is 6.32. The molecule has 6 heteroatoms. The Labute approximate surface area is 120 Å². The van der Waals surface area contributed by atoms with E-state index in [-0.39, 0.29) is 6.79 Å². The molecule has 2 heterocycles. The predicted octanol–water partition coefficient (Wildman–Crippen LogP) is 3.74. The van der Waals surface area contributed by atoms with Gasteiger partial charge < -0.3 is 9.47 Å². The average molecular weight is 297 g/mol. The van der Waals surface area contributed by atoms with E-state index < -0.39 is 0 Å². The molecule has 98 valence electrons. The third-order valence-electron chi connectivity index (χ3n) is 2.80. The number of benzene rings is 1. The van der Waals surface area contributed by atoms with Crippen molar-refractivity contribution in [2.45, 2.75) is 13.3 Å². The van der Waals surface area contributed by atoms with Crippen LogP contribution in [0.3, 0.4) is 0 Å². The number of aryl methyl sites for hydroxylation is 1. The van der Waals surface area contributed by atoms with E-state index in [1.165, 1.54) is 0 Å². The summed E-state index contributed by atoms with van der Waals surface area (Å²) in [5.41, 5.74) is 1.63. The topological polar surface area (TPSA) is 44.2 Å². The number of fused-ring (bicyclic) bond motifs is 1. The van der Waals surface area contributed by atoms with E-state index in [4.69, 9.17) is 32.7 Å². The standard InChI is InChI=1S/C13H10Cl2N2O2/c1-2-8-5-11(15)17-13(16-8)7-3-9(14)12-10(4-7)18-6-19-12/h3-5H,2,6H2,1H3. The fraction of sp³-hybridized carbons (Fsp3) is 0.231. The normalized spacial score (nSPS) is 12.8. The Morgan fingerprint density at radius 3 is 2.79 bits per heavy atom. The molecule has 0 spiro atoms. The monoisotopic (exact) mass is 296 g/mol. The summed E-state index contributed by atoms with van der Waals surface area (Å²) < 4.78 is 10.6. The van der Waals surface area contributed by atoms with Crippen LogP contribution in [0, 0.1) is 0 Å². The summed E-state index contributed by atoms with van der Waals surface area (Å²) in [7, 11) is 0. The van der Waals surface area contributed by atoms with Crippen molar-refractivity contribution in [3.63, 3.8) is 0 Å². The van der Waals surface area contributed by atoms with Gasteiger partial charge in [-0.05, 0) is 24.6 Å². The second-order valence-corrected chi connectivity index (χ2v) is 4.85. The largest absolute Gasteiger partial charge is 0.454 e. The Morgan fingerprint density at radius 2 is 2.00 bits per heavy atom. The van der Waals surface area contributed by atoms with Gasteiger partial charge in [0.1, 0.15) is 5.15 Å². The summed E-state index contributed by atoms with van der Waals surface area (Å²) in [4.78, 5) is 8.66. The van der Waals surface area contributed by atoms with Gasteiger partial charge in [-0.1, -0.05) is 30.1 Å². The molecule has 1 aliphatic rings. The molecule has 0 fully saturated rings. The predicted molar refractivity (Wildman–Crippen MR) is 73.0 cm³/mol. The minimum atomic E-state index is 0.176. The van der Waals surface area contributed by atoms with Crippen LogP contribution in [-0.2, 0) is 6.42 Å². The highest BCUT2D eigenvalue weighted by atomic mass is 35.5. The number of nitrogens with zero attached hydrogens (tertiary/aromatic N) is 2. The lowest BCUT2D eigenvalue weighted by Crippen LogP contribution is -1.95. The highest BCUT2D eigenvalue weighted by Gasteiger charge is 2.19. The van der Waals surface area contributed by atoms with Crippen molar-refractivity contribution in [3.05, 3.63) is 34.1 Å². The molecule has 0 atom stereocenters. The fourth-order valence-corrected chi connectivity index (χ4v) is 2.34. The van der Waals surface area contributed by atoms with Gasteiger partial charge in [-0.15, -0.1) is 0 Å². The summed E-state index contributed by atoms with van der Waals surface area (Å²) in [6.07, 6.45) is 0.785. The zero-order chi connectivity index (χ0) is 13.4. The molecule has 0 saturated carbocycles. The number of rotatable bonds is 2. The summed E-state index contributed by atoms with van der Waals surface area (Å²) in [6.45, 7) is 2.18. The van der Waals surface area contributed by atoms with Crippen LogP contribution in [0.1, 0.15) is 12.6 Å². The lowest BCUT2D eigenvalue weighted by atomic mass is 10.2. The zero-order valence-electron chi connectivity index (χ0n) is 10.1. The maximum atomic E-state index is 6.14. The van der Waals surface area contributed by atoms with Crippen LogP contribution in [0.15, 0.2) is 18.2 Å². The van der Waals surface area contributed by atoms with E-state index in [0.29, 0.717) is 27.5 Å². The van der Waals surface area contributed by atoms with Gasteiger partial charge in [0.2, 0.25) is 6.79 Å². The maximum absolute atomic E-state index is 6.14. The molecule has 0 bridgehead atoms. The van der Waals surface area contributed by atoms with Crippen LogP contribution < -0.4 is 9.47 Å². The number of halogens is 2. The second-order valence-electron chi connectivity index (χ2n) is 4.05. The van der Waals surface area contributed by atoms with Gasteiger partial charge in [-0.2, -0.15) is 0 Å².